The molecule has 5 heteroatoms. The number of nitrogens with one attached hydrogen (secondary N) is 1. The fourth-order valence-corrected chi connectivity index (χ4v) is 3.62. The molecule has 1 heterocycles. The Morgan fingerprint density at radius 3 is 2.48 bits per heavy atom. The lowest BCUT2D eigenvalue weighted by Crippen LogP contribution is -2.42. The summed E-state index contributed by atoms with van der Waals surface area (Å²) >= 11 is 0. The molecule has 4 atom stereocenters. The molecule has 118 valence electrons. The molecule has 1 aromatic rings. The van der Waals surface area contributed by atoms with Crippen molar-refractivity contribution in [1.29, 1.82) is 0 Å². The van der Waals surface area contributed by atoms with Crippen molar-refractivity contribution in [1.82, 2.24) is 10.3 Å². The summed E-state index contributed by atoms with van der Waals surface area (Å²) in [4.78, 5) is 4.00. The maximum absolute atomic E-state index is 13.0. The van der Waals surface area contributed by atoms with Gasteiger partial charge in [-0.25, -0.2) is 0 Å². The molecular weight excluding hydrogens is 277 g/mol. The van der Waals surface area contributed by atoms with Gasteiger partial charge in [-0.2, -0.15) is 13.2 Å². The summed E-state index contributed by atoms with van der Waals surface area (Å²) in [6.07, 6.45) is 1.46. The van der Waals surface area contributed by atoms with E-state index < -0.39 is 12.1 Å². The first-order chi connectivity index (χ1) is 9.93. The van der Waals surface area contributed by atoms with E-state index in [0.29, 0.717) is 6.42 Å². The van der Waals surface area contributed by atoms with Crippen LogP contribution in [0.1, 0.15) is 44.1 Å². The number of nitrogens with zero attached hydrogens (tertiary/aromatic N) is 1. The minimum atomic E-state index is -4.06. The Labute approximate surface area is 124 Å². The van der Waals surface area contributed by atoms with E-state index >= 15 is 0 Å². The first-order valence-electron chi connectivity index (χ1n) is 7.57. The third kappa shape index (κ3) is 3.96. The Morgan fingerprint density at radius 2 is 1.90 bits per heavy atom. The zero-order valence-corrected chi connectivity index (χ0v) is 12.5. The maximum Gasteiger partial charge on any atom is 0.391 e. The van der Waals surface area contributed by atoms with Crippen LogP contribution in [-0.4, -0.2) is 24.2 Å². The van der Waals surface area contributed by atoms with Crippen LogP contribution in [0.3, 0.4) is 0 Å². The molecule has 0 radical (unpaired) electrons. The zero-order chi connectivity index (χ0) is 15.5. The first kappa shape index (κ1) is 16.3. The van der Waals surface area contributed by atoms with Gasteiger partial charge in [0, 0.05) is 18.4 Å². The maximum atomic E-state index is 13.0. The zero-order valence-electron chi connectivity index (χ0n) is 12.5. The normalized spacial score (nSPS) is 26.3. The number of hydrogen-bond acceptors (Lipinski definition) is 2. The fourth-order valence-electron chi connectivity index (χ4n) is 3.62. The van der Waals surface area contributed by atoms with Crippen LogP contribution in [0.25, 0.3) is 0 Å². The van der Waals surface area contributed by atoms with Crippen molar-refractivity contribution in [2.45, 2.75) is 50.7 Å². The third-order valence-corrected chi connectivity index (χ3v) is 4.79. The van der Waals surface area contributed by atoms with Crippen LogP contribution in [0, 0.1) is 11.8 Å². The van der Waals surface area contributed by atoms with Gasteiger partial charge >= 0.3 is 6.18 Å². The molecule has 0 aromatic carbocycles. The molecule has 1 N–H and O–H groups in total. The van der Waals surface area contributed by atoms with Gasteiger partial charge in [0.25, 0.3) is 0 Å². The van der Waals surface area contributed by atoms with Crippen LogP contribution in [0.4, 0.5) is 13.2 Å². The predicted octanol–water partition coefficient (Wildman–Crippen LogP) is 4.14. The number of aromatic nitrogens is 1. The number of hydrogen-bond donors (Lipinski definition) is 1. The Bertz CT molecular complexity index is 433. The Hall–Kier alpha value is -1.10. The van der Waals surface area contributed by atoms with Gasteiger partial charge in [-0.05, 0) is 55.8 Å². The number of alkyl halides is 3. The van der Waals surface area contributed by atoms with Crippen LogP contribution < -0.4 is 5.32 Å². The van der Waals surface area contributed by atoms with Gasteiger partial charge < -0.3 is 5.32 Å². The summed E-state index contributed by atoms with van der Waals surface area (Å²) in [5.41, 5.74) is 1.12. The van der Waals surface area contributed by atoms with Crippen molar-refractivity contribution < 1.29 is 13.2 Å². The molecule has 1 aliphatic carbocycles. The third-order valence-electron chi connectivity index (χ3n) is 4.79. The summed E-state index contributed by atoms with van der Waals surface area (Å²) in [5.74, 6) is -0.898. The molecule has 0 bridgehead atoms. The standard InChI is InChI=1S/C16H23F3N2/c1-11(12-6-8-21-9-7-12)15(20-2)13-4-3-5-14(10-13)16(17,18)19/h6-9,11,13-15,20H,3-5,10H2,1-2H3. The highest BCUT2D eigenvalue weighted by Gasteiger charge is 2.44. The highest BCUT2D eigenvalue weighted by molar-refractivity contribution is 5.17. The molecule has 2 rings (SSSR count). The van der Waals surface area contributed by atoms with E-state index in [9.17, 15) is 13.2 Å². The van der Waals surface area contributed by atoms with Crippen LogP contribution in [-0.2, 0) is 0 Å². The lowest BCUT2D eigenvalue weighted by molar-refractivity contribution is -0.186. The largest absolute Gasteiger partial charge is 0.391 e. The van der Waals surface area contributed by atoms with Crippen LogP contribution in [0.2, 0.25) is 0 Å². The van der Waals surface area contributed by atoms with E-state index in [1.54, 1.807) is 12.4 Å². The van der Waals surface area contributed by atoms with Gasteiger partial charge in [0.2, 0.25) is 0 Å². The minimum absolute atomic E-state index is 0.0672. The van der Waals surface area contributed by atoms with Crippen molar-refractivity contribution in [3.63, 3.8) is 0 Å². The monoisotopic (exact) mass is 300 g/mol. The number of pyridine rings is 1. The second kappa shape index (κ2) is 6.77. The molecule has 0 amide bonds. The Morgan fingerprint density at radius 1 is 1.24 bits per heavy atom. The molecular formula is C16H23F3N2. The van der Waals surface area contributed by atoms with Crippen molar-refractivity contribution in [3.8, 4) is 0 Å². The van der Waals surface area contributed by atoms with Crippen LogP contribution in [0.15, 0.2) is 24.5 Å². The summed E-state index contributed by atoms with van der Waals surface area (Å²) in [6, 6.07) is 3.95. The van der Waals surface area contributed by atoms with Crippen LogP contribution >= 0.6 is 0 Å². The summed E-state index contributed by atoms with van der Waals surface area (Å²) in [6.45, 7) is 2.08. The molecule has 4 unspecified atom stereocenters. The molecule has 0 aliphatic heterocycles. The molecule has 1 aromatic heterocycles. The lowest BCUT2D eigenvalue weighted by Gasteiger charge is -2.38. The van der Waals surface area contributed by atoms with Crippen molar-refractivity contribution in [2.24, 2.45) is 11.8 Å². The number of rotatable bonds is 4. The SMILES string of the molecule is CNC(C1CCCC(C(F)(F)F)C1)C(C)c1ccncc1. The summed E-state index contributed by atoms with van der Waals surface area (Å²) in [7, 11) is 1.85. The van der Waals surface area contributed by atoms with Crippen LogP contribution in [0.5, 0.6) is 0 Å². The smallest absolute Gasteiger partial charge is 0.316 e. The van der Waals surface area contributed by atoms with E-state index in [1.165, 1.54) is 0 Å². The average molecular weight is 300 g/mol. The van der Waals surface area contributed by atoms with Gasteiger partial charge in [-0.15, -0.1) is 0 Å². The first-order valence-corrected chi connectivity index (χ1v) is 7.57. The van der Waals surface area contributed by atoms with Gasteiger partial charge in [0.1, 0.15) is 0 Å². The topological polar surface area (TPSA) is 24.9 Å². The molecule has 1 aliphatic rings. The van der Waals surface area contributed by atoms with Crippen molar-refractivity contribution >= 4 is 0 Å². The fraction of sp³-hybridized carbons (Fsp3) is 0.688. The summed E-state index contributed by atoms with van der Waals surface area (Å²) in [5, 5.41) is 3.25. The molecule has 0 spiro atoms. The van der Waals surface area contributed by atoms with E-state index in [1.807, 2.05) is 19.2 Å². The molecule has 1 fully saturated rings. The van der Waals surface area contributed by atoms with E-state index in [0.717, 1.165) is 12.0 Å². The average Bonchev–Trinajstić information content (AvgIpc) is 2.48. The molecule has 21 heavy (non-hydrogen) atoms. The molecule has 0 saturated heterocycles. The van der Waals surface area contributed by atoms with Gasteiger partial charge in [0.15, 0.2) is 0 Å². The highest BCUT2D eigenvalue weighted by Crippen LogP contribution is 2.42. The Balaban J connectivity index is 2.10. The van der Waals surface area contributed by atoms with Crippen molar-refractivity contribution in [3.05, 3.63) is 30.1 Å². The minimum Gasteiger partial charge on any atom is -0.316 e. The Kier molecular flexibility index (Phi) is 5.25. The van der Waals surface area contributed by atoms with E-state index in [-0.39, 0.29) is 30.7 Å². The summed E-state index contributed by atoms with van der Waals surface area (Å²) < 4.78 is 38.9. The highest BCUT2D eigenvalue weighted by atomic mass is 19.4. The van der Waals surface area contributed by atoms with Gasteiger partial charge in [-0.1, -0.05) is 13.3 Å². The van der Waals surface area contributed by atoms with E-state index in [2.05, 4.69) is 17.2 Å². The quantitative estimate of drug-likeness (QED) is 0.904. The second-order valence-corrected chi connectivity index (χ2v) is 6.05. The number of likely N-dealkylation sites (N-methyl/N-ethyl adjacent to an activating group) is 1. The molecule has 1 saturated carbocycles. The number of halogens is 3. The van der Waals surface area contributed by atoms with Gasteiger partial charge in [-0.3, -0.25) is 4.98 Å². The van der Waals surface area contributed by atoms with Crippen molar-refractivity contribution in [2.75, 3.05) is 7.05 Å². The second-order valence-electron chi connectivity index (χ2n) is 6.05. The lowest BCUT2D eigenvalue weighted by atomic mass is 9.73. The van der Waals surface area contributed by atoms with E-state index in [4.69, 9.17) is 0 Å². The predicted molar refractivity (Wildman–Crippen MR) is 77.0 cm³/mol. The van der Waals surface area contributed by atoms with Gasteiger partial charge in [0.05, 0.1) is 5.92 Å². The molecule has 2 nitrogen and oxygen atoms in total.